The SMILES string of the molecule is Cc1cc(C)cc(NC(=O)C2CC23CCN(C(=O)Cc2cc(=O)oc4cc(C)ccc24)CC3)c1. The molecule has 2 amide bonds. The van der Waals surface area contributed by atoms with Crippen molar-refractivity contribution in [3.05, 3.63) is 75.1 Å². The van der Waals surface area contributed by atoms with Crippen LogP contribution >= 0.6 is 0 Å². The zero-order valence-electron chi connectivity index (χ0n) is 19.9. The van der Waals surface area contributed by atoms with Gasteiger partial charge in [-0.2, -0.15) is 0 Å². The molecule has 1 N–H and O–H groups in total. The second-order valence-corrected chi connectivity index (χ2v) is 10.1. The molecule has 1 unspecified atom stereocenters. The summed E-state index contributed by atoms with van der Waals surface area (Å²) in [5, 5.41) is 3.90. The second kappa shape index (κ2) is 8.42. The molecule has 1 aliphatic carbocycles. The number of nitrogens with one attached hydrogen (secondary N) is 1. The molecule has 1 atom stereocenters. The summed E-state index contributed by atoms with van der Waals surface area (Å²) in [6.45, 7) is 7.28. The molecule has 3 aromatic rings. The number of aryl methyl sites for hydroxylation is 3. The van der Waals surface area contributed by atoms with Crippen molar-refractivity contribution in [3.63, 3.8) is 0 Å². The molecule has 1 aliphatic heterocycles. The number of hydrogen-bond donors (Lipinski definition) is 1. The third-order valence-electron chi connectivity index (χ3n) is 7.43. The summed E-state index contributed by atoms with van der Waals surface area (Å²) < 4.78 is 5.32. The van der Waals surface area contributed by atoms with Crippen molar-refractivity contribution in [3.8, 4) is 0 Å². The van der Waals surface area contributed by atoms with Crippen LogP contribution < -0.4 is 10.9 Å². The maximum atomic E-state index is 13.1. The van der Waals surface area contributed by atoms with Gasteiger partial charge in [-0.1, -0.05) is 18.2 Å². The van der Waals surface area contributed by atoms with E-state index in [0.717, 1.165) is 47.0 Å². The van der Waals surface area contributed by atoms with E-state index in [2.05, 4.69) is 11.4 Å². The van der Waals surface area contributed by atoms with Crippen molar-refractivity contribution in [1.29, 1.82) is 0 Å². The molecule has 34 heavy (non-hydrogen) atoms. The zero-order chi connectivity index (χ0) is 24.0. The summed E-state index contributed by atoms with van der Waals surface area (Å²) in [6.07, 6.45) is 2.73. The molecular formula is C28H30N2O4. The van der Waals surface area contributed by atoms with E-state index >= 15 is 0 Å². The Bertz CT molecular complexity index is 1330. The first-order valence-electron chi connectivity index (χ1n) is 11.9. The van der Waals surface area contributed by atoms with Gasteiger partial charge in [-0.15, -0.1) is 0 Å². The number of benzene rings is 2. The van der Waals surface area contributed by atoms with E-state index < -0.39 is 5.63 Å². The minimum Gasteiger partial charge on any atom is -0.423 e. The number of piperidine rings is 1. The van der Waals surface area contributed by atoms with Crippen LogP contribution in [-0.4, -0.2) is 29.8 Å². The lowest BCUT2D eigenvalue weighted by molar-refractivity contribution is -0.132. The van der Waals surface area contributed by atoms with E-state index in [1.165, 1.54) is 6.07 Å². The molecule has 5 rings (SSSR count). The molecule has 0 bridgehead atoms. The van der Waals surface area contributed by atoms with Gasteiger partial charge in [0.15, 0.2) is 0 Å². The maximum Gasteiger partial charge on any atom is 0.336 e. The fourth-order valence-electron chi connectivity index (χ4n) is 5.51. The average Bonchev–Trinajstić information content (AvgIpc) is 3.46. The second-order valence-electron chi connectivity index (χ2n) is 10.1. The Morgan fingerprint density at radius 3 is 2.41 bits per heavy atom. The molecule has 6 nitrogen and oxygen atoms in total. The van der Waals surface area contributed by atoms with Crippen molar-refractivity contribution < 1.29 is 14.0 Å². The fourth-order valence-corrected chi connectivity index (χ4v) is 5.51. The van der Waals surface area contributed by atoms with Crippen LogP contribution in [0.5, 0.6) is 0 Å². The highest BCUT2D eigenvalue weighted by molar-refractivity contribution is 5.95. The number of rotatable bonds is 4. The molecule has 1 saturated heterocycles. The molecule has 2 fully saturated rings. The molecule has 1 aromatic heterocycles. The minimum atomic E-state index is -0.436. The predicted octanol–water partition coefficient (Wildman–Crippen LogP) is 4.53. The Balaban J connectivity index is 1.21. The Kier molecular flexibility index (Phi) is 5.54. The molecule has 2 aliphatic rings. The molecule has 6 heteroatoms. The highest BCUT2D eigenvalue weighted by atomic mass is 16.4. The summed E-state index contributed by atoms with van der Waals surface area (Å²) in [5.41, 5.74) is 4.91. The first-order chi connectivity index (χ1) is 16.2. The summed E-state index contributed by atoms with van der Waals surface area (Å²) in [4.78, 5) is 39.8. The van der Waals surface area contributed by atoms with Crippen molar-refractivity contribution >= 4 is 28.5 Å². The number of carbonyl (C=O) groups excluding carboxylic acids is 2. The van der Waals surface area contributed by atoms with E-state index in [-0.39, 0.29) is 29.6 Å². The standard InChI is InChI=1S/C28H30N2O4/c1-17-4-5-22-20(15-26(32)34-24(22)13-17)14-25(31)30-8-6-28(7-9-30)16-23(28)27(33)29-21-11-18(2)10-19(3)12-21/h4-5,10-13,15,23H,6-9,14,16H2,1-3H3,(H,29,33). The highest BCUT2D eigenvalue weighted by Gasteiger charge is 2.58. The van der Waals surface area contributed by atoms with Gasteiger partial charge in [0.2, 0.25) is 11.8 Å². The quantitative estimate of drug-likeness (QED) is 0.583. The van der Waals surface area contributed by atoms with Crippen LogP contribution in [0.2, 0.25) is 0 Å². The van der Waals surface area contributed by atoms with Gasteiger partial charge in [-0.05, 0) is 85.9 Å². The lowest BCUT2D eigenvalue weighted by Crippen LogP contribution is -2.41. The monoisotopic (exact) mass is 458 g/mol. The Labute approximate surface area is 199 Å². The van der Waals surface area contributed by atoms with E-state index in [1.54, 1.807) is 0 Å². The van der Waals surface area contributed by atoms with Crippen LogP contribution in [0.25, 0.3) is 11.0 Å². The smallest absolute Gasteiger partial charge is 0.336 e. The Morgan fingerprint density at radius 2 is 1.71 bits per heavy atom. The van der Waals surface area contributed by atoms with Gasteiger partial charge in [-0.25, -0.2) is 4.79 Å². The number of nitrogens with zero attached hydrogens (tertiary/aromatic N) is 1. The van der Waals surface area contributed by atoms with Gasteiger partial charge < -0.3 is 14.6 Å². The first-order valence-corrected chi connectivity index (χ1v) is 11.9. The summed E-state index contributed by atoms with van der Waals surface area (Å²) in [6, 6.07) is 13.2. The van der Waals surface area contributed by atoms with E-state index in [4.69, 9.17) is 4.42 Å². The molecule has 176 valence electrons. The van der Waals surface area contributed by atoms with Crippen LogP contribution in [0.1, 0.15) is 41.5 Å². The lowest BCUT2D eigenvalue weighted by atomic mass is 9.90. The normalized spacial score (nSPS) is 18.8. The van der Waals surface area contributed by atoms with Crippen LogP contribution in [0.3, 0.4) is 0 Å². The van der Waals surface area contributed by atoms with Crippen LogP contribution in [-0.2, 0) is 16.0 Å². The van der Waals surface area contributed by atoms with E-state index in [9.17, 15) is 14.4 Å². The van der Waals surface area contributed by atoms with Crippen LogP contribution in [0.15, 0.2) is 51.7 Å². The number of anilines is 1. The lowest BCUT2D eigenvalue weighted by Gasteiger charge is -2.33. The molecule has 1 saturated carbocycles. The Hall–Kier alpha value is -3.41. The fraction of sp³-hybridized carbons (Fsp3) is 0.393. The van der Waals surface area contributed by atoms with Gasteiger partial charge in [0.25, 0.3) is 0 Å². The molecule has 2 heterocycles. The average molecular weight is 459 g/mol. The number of amides is 2. The molecular weight excluding hydrogens is 428 g/mol. The van der Waals surface area contributed by atoms with Crippen LogP contribution in [0.4, 0.5) is 5.69 Å². The molecule has 2 aromatic carbocycles. The minimum absolute atomic E-state index is 0.0107. The van der Waals surface area contributed by atoms with E-state index in [0.29, 0.717) is 24.2 Å². The largest absolute Gasteiger partial charge is 0.423 e. The summed E-state index contributed by atoms with van der Waals surface area (Å²) in [5.74, 6) is 0.110. The van der Waals surface area contributed by atoms with Gasteiger partial charge in [0.05, 0.1) is 6.42 Å². The number of likely N-dealkylation sites (tertiary alicyclic amines) is 1. The highest BCUT2D eigenvalue weighted by Crippen LogP contribution is 2.59. The predicted molar refractivity (Wildman–Crippen MR) is 132 cm³/mol. The topological polar surface area (TPSA) is 79.6 Å². The van der Waals surface area contributed by atoms with Gasteiger partial charge in [-0.3, -0.25) is 9.59 Å². The van der Waals surface area contributed by atoms with Crippen LogP contribution in [0, 0.1) is 32.1 Å². The third-order valence-corrected chi connectivity index (χ3v) is 7.43. The van der Waals surface area contributed by atoms with Gasteiger partial charge >= 0.3 is 5.63 Å². The zero-order valence-corrected chi connectivity index (χ0v) is 19.9. The summed E-state index contributed by atoms with van der Waals surface area (Å²) >= 11 is 0. The van der Waals surface area contributed by atoms with Crippen molar-refractivity contribution in [2.45, 2.75) is 46.5 Å². The molecule has 1 spiro atoms. The number of hydrogen-bond acceptors (Lipinski definition) is 4. The number of fused-ring (bicyclic) bond motifs is 1. The molecule has 0 radical (unpaired) electrons. The van der Waals surface area contributed by atoms with E-state index in [1.807, 2.05) is 56.0 Å². The first kappa shape index (κ1) is 22.4. The maximum absolute atomic E-state index is 13.1. The Morgan fingerprint density at radius 1 is 1.00 bits per heavy atom. The van der Waals surface area contributed by atoms with Crippen molar-refractivity contribution in [2.75, 3.05) is 18.4 Å². The number of carbonyl (C=O) groups is 2. The van der Waals surface area contributed by atoms with Crippen molar-refractivity contribution in [1.82, 2.24) is 4.90 Å². The summed E-state index contributed by atoms with van der Waals surface area (Å²) in [7, 11) is 0. The van der Waals surface area contributed by atoms with Gasteiger partial charge in [0, 0.05) is 36.1 Å². The third kappa shape index (κ3) is 4.37. The van der Waals surface area contributed by atoms with Gasteiger partial charge in [0.1, 0.15) is 5.58 Å². The van der Waals surface area contributed by atoms with Crippen molar-refractivity contribution in [2.24, 2.45) is 11.3 Å².